The van der Waals surface area contributed by atoms with Crippen LogP contribution in [0.1, 0.15) is 26.2 Å². The van der Waals surface area contributed by atoms with Crippen LogP contribution in [0.3, 0.4) is 0 Å². The van der Waals surface area contributed by atoms with E-state index in [9.17, 15) is 19.5 Å². The number of nitrogens with zero attached hydrogens (tertiary/aromatic N) is 2. The summed E-state index contributed by atoms with van der Waals surface area (Å²) in [5.74, 6) is -2.95. The first kappa shape index (κ1) is 28.5. The van der Waals surface area contributed by atoms with Gasteiger partial charge in [-0.05, 0) is 49.1 Å². The van der Waals surface area contributed by atoms with Crippen LogP contribution in [0.15, 0.2) is 67.8 Å². The van der Waals surface area contributed by atoms with Gasteiger partial charge in [-0.1, -0.05) is 58.4 Å². The minimum Gasteiger partial charge on any atom is -0.465 e. The number of halogens is 1. The van der Waals surface area contributed by atoms with E-state index in [0.29, 0.717) is 24.9 Å². The van der Waals surface area contributed by atoms with Crippen molar-refractivity contribution in [3.8, 4) is 0 Å². The maximum atomic E-state index is 14.6. The van der Waals surface area contributed by atoms with Crippen molar-refractivity contribution < 1.29 is 29.0 Å². The molecule has 3 saturated heterocycles. The number of aliphatic hydroxyl groups is 1. The third-order valence-electron chi connectivity index (χ3n) is 8.39. The summed E-state index contributed by atoms with van der Waals surface area (Å²) < 4.78 is 12.1. The number of unbranched alkanes of at least 4 members (excludes halogenated alkanes) is 1. The van der Waals surface area contributed by atoms with Crippen molar-refractivity contribution in [3.63, 3.8) is 0 Å². The van der Waals surface area contributed by atoms with Crippen molar-refractivity contribution in [2.75, 3.05) is 24.7 Å². The van der Waals surface area contributed by atoms with E-state index in [1.54, 1.807) is 24.0 Å². The standard InChI is InChI=1S/C31H35BrN2O6/c1-4-6-9-15-39-30(38)24-25-28(36)34(19(3)18-35)27(31(25)17-23(32)26(24)40-31)29(37)33(14-5-2)22-13-12-20-10-7-8-11-21(20)16-22/h4-5,7-8,10-13,16,19,23-27,35H,1-2,6,9,14-15,17-18H2,3H3/t19-,23?,24+,25+,26+,27?,31?/m1/s1. The molecule has 0 saturated carbocycles. The highest BCUT2D eigenvalue weighted by Gasteiger charge is 2.77. The summed E-state index contributed by atoms with van der Waals surface area (Å²) in [6, 6.07) is 11.9. The van der Waals surface area contributed by atoms with Gasteiger partial charge in [-0.2, -0.15) is 0 Å². The average molecular weight is 612 g/mol. The lowest BCUT2D eigenvalue weighted by atomic mass is 9.70. The first-order valence-corrected chi connectivity index (χ1v) is 14.6. The van der Waals surface area contributed by atoms with Crippen LogP contribution >= 0.6 is 15.9 Å². The number of esters is 1. The molecule has 212 valence electrons. The van der Waals surface area contributed by atoms with Gasteiger partial charge in [0.2, 0.25) is 5.91 Å². The molecule has 2 amide bonds. The number of ether oxygens (including phenoxy) is 2. The molecule has 3 aliphatic rings. The van der Waals surface area contributed by atoms with E-state index in [-0.39, 0.29) is 36.4 Å². The third kappa shape index (κ3) is 4.58. The van der Waals surface area contributed by atoms with Crippen LogP contribution in [0.4, 0.5) is 5.69 Å². The van der Waals surface area contributed by atoms with E-state index >= 15 is 0 Å². The topological polar surface area (TPSA) is 96.4 Å². The number of alkyl halides is 1. The van der Waals surface area contributed by atoms with Gasteiger partial charge in [0.1, 0.15) is 11.6 Å². The molecule has 0 radical (unpaired) electrons. The molecule has 3 unspecified atom stereocenters. The van der Waals surface area contributed by atoms with E-state index in [4.69, 9.17) is 9.47 Å². The summed E-state index contributed by atoms with van der Waals surface area (Å²) in [7, 11) is 0. The Morgan fingerprint density at radius 2 is 2.00 bits per heavy atom. The number of likely N-dealkylation sites (tertiary alicyclic amines) is 1. The van der Waals surface area contributed by atoms with Gasteiger partial charge in [-0.3, -0.25) is 14.4 Å². The van der Waals surface area contributed by atoms with Crippen molar-refractivity contribution in [2.45, 2.75) is 54.8 Å². The lowest BCUT2D eigenvalue weighted by molar-refractivity contribution is -0.155. The van der Waals surface area contributed by atoms with Crippen LogP contribution < -0.4 is 4.90 Å². The quantitative estimate of drug-likeness (QED) is 0.179. The van der Waals surface area contributed by atoms with Gasteiger partial charge in [0.25, 0.3) is 5.91 Å². The Morgan fingerprint density at radius 1 is 1.25 bits per heavy atom. The van der Waals surface area contributed by atoms with Crippen molar-refractivity contribution >= 4 is 50.2 Å². The number of amides is 2. The molecule has 9 heteroatoms. The van der Waals surface area contributed by atoms with Crippen LogP contribution in [-0.4, -0.2) is 76.2 Å². The molecule has 3 heterocycles. The van der Waals surface area contributed by atoms with Crippen LogP contribution in [0.5, 0.6) is 0 Å². The Kier molecular flexibility index (Phi) is 8.17. The van der Waals surface area contributed by atoms with Crippen LogP contribution in [-0.2, 0) is 23.9 Å². The molecular formula is C31H35BrN2O6. The van der Waals surface area contributed by atoms with E-state index in [1.165, 1.54) is 4.90 Å². The Balaban J connectivity index is 1.54. The van der Waals surface area contributed by atoms with Crippen LogP contribution in [0, 0.1) is 11.8 Å². The summed E-state index contributed by atoms with van der Waals surface area (Å²) >= 11 is 3.67. The summed E-state index contributed by atoms with van der Waals surface area (Å²) in [4.78, 5) is 44.8. The van der Waals surface area contributed by atoms with Crippen LogP contribution in [0.25, 0.3) is 10.8 Å². The van der Waals surface area contributed by atoms with Gasteiger partial charge in [-0.15, -0.1) is 13.2 Å². The average Bonchev–Trinajstić information content (AvgIpc) is 3.56. The number of anilines is 1. The number of hydrogen-bond donors (Lipinski definition) is 1. The third-order valence-corrected chi connectivity index (χ3v) is 9.24. The summed E-state index contributed by atoms with van der Waals surface area (Å²) in [6.45, 7) is 9.33. The lowest BCUT2D eigenvalue weighted by Gasteiger charge is -2.38. The molecule has 0 aliphatic carbocycles. The molecule has 5 rings (SSSR count). The SMILES string of the molecule is C=CCCCOC(=O)[C@H]1[C@H]2C(=O)N([C@H](C)CO)C(C(=O)N(CC=C)c3ccc4ccccc4c3)C23CC(Br)[C@@H]1O3. The van der Waals surface area contributed by atoms with E-state index in [1.807, 2.05) is 42.5 Å². The first-order chi connectivity index (χ1) is 19.3. The fourth-order valence-electron chi connectivity index (χ4n) is 6.62. The molecule has 3 aliphatic heterocycles. The Labute approximate surface area is 242 Å². The Morgan fingerprint density at radius 3 is 2.70 bits per heavy atom. The van der Waals surface area contributed by atoms with E-state index in [0.717, 1.165) is 10.8 Å². The second-order valence-corrected chi connectivity index (χ2v) is 12.0. The maximum absolute atomic E-state index is 14.6. The molecule has 2 bridgehead atoms. The van der Waals surface area contributed by atoms with Gasteiger partial charge in [0, 0.05) is 17.1 Å². The van der Waals surface area contributed by atoms with Gasteiger partial charge < -0.3 is 24.4 Å². The molecule has 1 N–H and O–H groups in total. The molecule has 0 aromatic heterocycles. The van der Waals surface area contributed by atoms with Gasteiger partial charge in [0.15, 0.2) is 0 Å². The number of carbonyl (C=O) groups is 3. The van der Waals surface area contributed by atoms with Gasteiger partial charge in [-0.25, -0.2) is 0 Å². The van der Waals surface area contributed by atoms with Gasteiger partial charge in [0.05, 0.1) is 37.2 Å². The minimum atomic E-state index is -1.24. The van der Waals surface area contributed by atoms with E-state index < -0.39 is 41.6 Å². The zero-order chi connectivity index (χ0) is 28.6. The predicted octanol–water partition coefficient (Wildman–Crippen LogP) is 4.00. The van der Waals surface area contributed by atoms with Crippen molar-refractivity contribution in [3.05, 3.63) is 67.8 Å². The fourth-order valence-corrected chi connectivity index (χ4v) is 7.56. The first-order valence-electron chi connectivity index (χ1n) is 13.7. The normalized spacial score (nSPS) is 29.3. The summed E-state index contributed by atoms with van der Waals surface area (Å²) in [6.07, 6.45) is 4.51. The zero-order valence-electron chi connectivity index (χ0n) is 22.6. The monoisotopic (exact) mass is 610 g/mol. The molecule has 8 nitrogen and oxygen atoms in total. The second kappa shape index (κ2) is 11.5. The Hall–Kier alpha value is -3.01. The second-order valence-electron chi connectivity index (χ2n) is 10.8. The van der Waals surface area contributed by atoms with Crippen LogP contribution in [0.2, 0.25) is 0 Å². The number of aliphatic hydroxyl groups excluding tert-OH is 1. The molecule has 2 aromatic carbocycles. The van der Waals surface area contributed by atoms with Crippen molar-refractivity contribution in [2.24, 2.45) is 11.8 Å². The highest BCUT2D eigenvalue weighted by atomic mass is 79.9. The minimum absolute atomic E-state index is 0.208. The lowest BCUT2D eigenvalue weighted by Crippen LogP contribution is -2.58. The maximum Gasteiger partial charge on any atom is 0.312 e. The fraction of sp³-hybridized carbons (Fsp3) is 0.452. The summed E-state index contributed by atoms with van der Waals surface area (Å²) in [5, 5.41) is 12.1. The predicted molar refractivity (Wildman–Crippen MR) is 156 cm³/mol. The van der Waals surface area contributed by atoms with Gasteiger partial charge >= 0.3 is 5.97 Å². The molecule has 40 heavy (non-hydrogen) atoms. The smallest absolute Gasteiger partial charge is 0.312 e. The number of benzene rings is 2. The number of allylic oxidation sites excluding steroid dienone is 1. The number of carbonyl (C=O) groups excluding carboxylic acids is 3. The number of hydrogen-bond acceptors (Lipinski definition) is 6. The summed E-state index contributed by atoms with van der Waals surface area (Å²) in [5.41, 5.74) is -0.578. The Bertz CT molecular complexity index is 1330. The highest BCUT2D eigenvalue weighted by Crippen LogP contribution is 2.60. The number of rotatable bonds is 11. The zero-order valence-corrected chi connectivity index (χ0v) is 24.2. The molecule has 3 fully saturated rings. The molecule has 2 aromatic rings. The van der Waals surface area contributed by atoms with Crippen molar-refractivity contribution in [1.29, 1.82) is 0 Å². The van der Waals surface area contributed by atoms with E-state index in [2.05, 4.69) is 29.1 Å². The molecule has 7 atom stereocenters. The molecule has 1 spiro atoms. The number of fused-ring (bicyclic) bond motifs is 2. The largest absolute Gasteiger partial charge is 0.465 e. The highest BCUT2D eigenvalue weighted by molar-refractivity contribution is 9.09. The van der Waals surface area contributed by atoms with Crippen molar-refractivity contribution in [1.82, 2.24) is 4.90 Å². The molecular weight excluding hydrogens is 576 g/mol.